The first-order valence-corrected chi connectivity index (χ1v) is 5.69. The van der Waals surface area contributed by atoms with Gasteiger partial charge in [-0.2, -0.15) is 5.26 Å². The Morgan fingerprint density at radius 2 is 2.19 bits per heavy atom. The molecule has 0 aromatic carbocycles. The molecular formula is C12H16ClN3. The topological polar surface area (TPSA) is 39.9 Å². The van der Waals surface area contributed by atoms with Gasteiger partial charge in [-0.15, -0.1) is 0 Å². The molecule has 1 heterocycles. The summed E-state index contributed by atoms with van der Waals surface area (Å²) in [7, 11) is 1.96. The molecule has 0 fully saturated rings. The fourth-order valence-corrected chi connectivity index (χ4v) is 1.51. The lowest BCUT2D eigenvalue weighted by Gasteiger charge is -2.19. The zero-order valence-electron chi connectivity index (χ0n) is 9.87. The van der Waals surface area contributed by atoms with Crippen molar-refractivity contribution in [2.24, 2.45) is 5.92 Å². The quantitative estimate of drug-likeness (QED) is 0.756. The summed E-state index contributed by atoms with van der Waals surface area (Å²) in [4.78, 5) is 6.22. The van der Waals surface area contributed by atoms with Gasteiger partial charge in [0.25, 0.3) is 0 Å². The van der Waals surface area contributed by atoms with E-state index in [2.05, 4.69) is 24.9 Å². The molecule has 0 spiro atoms. The first-order chi connectivity index (χ1) is 7.52. The van der Waals surface area contributed by atoms with Gasteiger partial charge in [-0.05, 0) is 24.5 Å². The number of hydrogen-bond acceptors (Lipinski definition) is 3. The summed E-state index contributed by atoms with van der Waals surface area (Å²) >= 11 is 5.85. The highest BCUT2D eigenvalue weighted by Crippen LogP contribution is 2.17. The summed E-state index contributed by atoms with van der Waals surface area (Å²) in [6.45, 7) is 5.27. The molecule has 0 saturated carbocycles. The van der Waals surface area contributed by atoms with Crippen LogP contribution in [0.4, 0.5) is 5.82 Å². The average Bonchev–Trinajstić information content (AvgIpc) is 2.24. The van der Waals surface area contributed by atoms with Crippen molar-refractivity contribution in [3.05, 3.63) is 22.8 Å². The largest absolute Gasteiger partial charge is 0.360 e. The summed E-state index contributed by atoms with van der Waals surface area (Å²) < 4.78 is 0. The molecule has 0 N–H and O–H groups in total. The van der Waals surface area contributed by atoms with Gasteiger partial charge in [-0.1, -0.05) is 25.4 Å². The van der Waals surface area contributed by atoms with Crippen molar-refractivity contribution in [3.63, 3.8) is 0 Å². The molecule has 0 atom stereocenters. The van der Waals surface area contributed by atoms with E-state index in [1.54, 1.807) is 12.1 Å². The minimum absolute atomic E-state index is 0.366. The molecule has 4 heteroatoms. The second-order valence-electron chi connectivity index (χ2n) is 4.25. The van der Waals surface area contributed by atoms with Crippen LogP contribution in [0.15, 0.2) is 12.1 Å². The smallest absolute Gasteiger partial charge is 0.132 e. The van der Waals surface area contributed by atoms with Crippen LogP contribution >= 0.6 is 11.6 Å². The second kappa shape index (κ2) is 5.72. The molecule has 0 aliphatic heterocycles. The van der Waals surface area contributed by atoms with Gasteiger partial charge < -0.3 is 4.90 Å². The van der Waals surface area contributed by atoms with E-state index in [0.717, 1.165) is 18.8 Å². The van der Waals surface area contributed by atoms with Gasteiger partial charge >= 0.3 is 0 Å². The van der Waals surface area contributed by atoms with E-state index in [9.17, 15) is 0 Å². The molecule has 0 bridgehead atoms. The fraction of sp³-hybridized carbons (Fsp3) is 0.500. The lowest BCUT2D eigenvalue weighted by atomic mass is 10.1. The number of rotatable bonds is 4. The maximum absolute atomic E-state index is 8.83. The van der Waals surface area contributed by atoms with Crippen molar-refractivity contribution >= 4 is 17.4 Å². The second-order valence-corrected chi connectivity index (χ2v) is 4.64. The monoisotopic (exact) mass is 237 g/mol. The van der Waals surface area contributed by atoms with Gasteiger partial charge in [0.1, 0.15) is 11.0 Å². The standard InChI is InChI=1S/C12H16ClN3/c1-9(2)4-5-16(3)12-7-10(8-14)6-11(13)15-12/h6-7,9H,4-5H2,1-3H3. The molecule has 0 saturated heterocycles. The summed E-state index contributed by atoms with van der Waals surface area (Å²) in [5, 5.41) is 9.20. The van der Waals surface area contributed by atoms with E-state index in [-0.39, 0.29) is 0 Å². The fourth-order valence-electron chi connectivity index (χ4n) is 1.31. The van der Waals surface area contributed by atoms with Gasteiger partial charge in [0.05, 0.1) is 11.6 Å². The lowest BCUT2D eigenvalue weighted by molar-refractivity contribution is 0.583. The van der Waals surface area contributed by atoms with Gasteiger partial charge in [-0.3, -0.25) is 0 Å². The Morgan fingerprint density at radius 1 is 1.50 bits per heavy atom. The minimum atomic E-state index is 0.366. The Kier molecular flexibility index (Phi) is 4.57. The Bertz CT molecular complexity index is 396. The maximum atomic E-state index is 8.83. The number of nitriles is 1. The highest BCUT2D eigenvalue weighted by Gasteiger charge is 2.06. The number of pyridine rings is 1. The number of nitrogens with zero attached hydrogens (tertiary/aromatic N) is 3. The summed E-state index contributed by atoms with van der Waals surface area (Å²) in [5.41, 5.74) is 0.548. The molecule has 1 rings (SSSR count). The predicted octanol–water partition coefficient (Wildman–Crippen LogP) is 3.09. The van der Waals surface area contributed by atoms with Crippen LogP contribution in [0.2, 0.25) is 5.15 Å². The van der Waals surface area contributed by atoms with Crippen molar-refractivity contribution in [3.8, 4) is 6.07 Å². The third-order valence-corrected chi connectivity index (χ3v) is 2.54. The van der Waals surface area contributed by atoms with Crippen LogP contribution in [0.5, 0.6) is 0 Å². The van der Waals surface area contributed by atoms with Gasteiger partial charge in [0, 0.05) is 13.6 Å². The van der Waals surface area contributed by atoms with Crippen LogP contribution < -0.4 is 4.90 Å². The van der Waals surface area contributed by atoms with E-state index in [4.69, 9.17) is 16.9 Å². The van der Waals surface area contributed by atoms with Gasteiger partial charge in [0.2, 0.25) is 0 Å². The molecule has 3 nitrogen and oxygen atoms in total. The molecule has 0 unspecified atom stereocenters. The van der Waals surface area contributed by atoms with Crippen LogP contribution in [0.3, 0.4) is 0 Å². The van der Waals surface area contributed by atoms with Crippen molar-refractivity contribution in [2.45, 2.75) is 20.3 Å². The predicted molar refractivity (Wildman–Crippen MR) is 66.7 cm³/mol. The Hall–Kier alpha value is -1.27. The zero-order valence-corrected chi connectivity index (χ0v) is 10.6. The van der Waals surface area contributed by atoms with Crippen molar-refractivity contribution in [1.82, 2.24) is 4.98 Å². The SMILES string of the molecule is CC(C)CCN(C)c1cc(C#N)cc(Cl)n1. The molecule has 0 radical (unpaired) electrons. The molecule has 0 amide bonds. The van der Waals surface area contributed by atoms with Gasteiger partial charge in [0.15, 0.2) is 0 Å². The highest BCUT2D eigenvalue weighted by atomic mass is 35.5. The molecule has 16 heavy (non-hydrogen) atoms. The van der Waals surface area contributed by atoms with E-state index in [1.165, 1.54) is 0 Å². The number of halogens is 1. The van der Waals surface area contributed by atoms with E-state index in [1.807, 2.05) is 11.9 Å². The van der Waals surface area contributed by atoms with Crippen LogP contribution in [0.25, 0.3) is 0 Å². The molecule has 86 valence electrons. The van der Waals surface area contributed by atoms with Crippen molar-refractivity contribution in [1.29, 1.82) is 5.26 Å². The van der Waals surface area contributed by atoms with E-state index >= 15 is 0 Å². The zero-order chi connectivity index (χ0) is 12.1. The van der Waals surface area contributed by atoms with Crippen LogP contribution in [0, 0.1) is 17.2 Å². The normalized spacial score (nSPS) is 10.2. The van der Waals surface area contributed by atoms with Crippen LogP contribution in [0.1, 0.15) is 25.8 Å². The van der Waals surface area contributed by atoms with Crippen molar-refractivity contribution in [2.75, 3.05) is 18.5 Å². The molecule has 1 aromatic rings. The summed E-state index contributed by atoms with van der Waals surface area (Å²) in [6, 6.07) is 5.40. The molecule has 1 aromatic heterocycles. The maximum Gasteiger partial charge on any atom is 0.132 e. The Labute approximate surface area is 102 Å². The number of anilines is 1. The third-order valence-electron chi connectivity index (χ3n) is 2.34. The van der Waals surface area contributed by atoms with E-state index in [0.29, 0.717) is 16.6 Å². The van der Waals surface area contributed by atoms with Gasteiger partial charge in [-0.25, -0.2) is 4.98 Å². The Balaban J connectivity index is 2.79. The number of hydrogen-bond donors (Lipinski definition) is 0. The number of aromatic nitrogens is 1. The first-order valence-electron chi connectivity index (χ1n) is 5.31. The summed E-state index contributed by atoms with van der Waals surface area (Å²) in [6.07, 6.45) is 1.09. The average molecular weight is 238 g/mol. The van der Waals surface area contributed by atoms with Crippen molar-refractivity contribution < 1.29 is 0 Å². The third kappa shape index (κ3) is 3.71. The lowest BCUT2D eigenvalue weighted by Crippen LogP contribution is -2.21. The first kappa shape index (κ1) is 12.8. The molecule has 0 aliphatic carbocycles. The van der Waals surface area contributed by atoms with E-state index < -0.39 is 0 Å². The summed E-state index contributed by atoms with van der Waals surface area (Å²) in [5.74, 6) is 1.40. The van der Waals surface area contributed by atoms with Crippen LogP contribution in [-0.2, 0) is 0 Å². The minimum Gasteiger partial charge on any atom is -0.360 e. The Morgan fingerprint density at radius 3 is 2.75 bits per heavy atom. The van der Waals surface area contributed by atoms with Crippen LogP contribution in [-0.4, -0.2) is 18.6 Å². The highest BCUT2D eigenvalue weighted by molar-refractivity contribution is 6.29. The molecule has 0 aliphatic rings. The molecular weight excluding hydrogens is 222 g/mol.